The second-order valence-corrected chi connectivity index (χ2v) is 7.24. The van der Waals surface area contributed by atoms with E-state index >= 15 is 0 Å². The first kappa shape index (κ1) is 20.9. The van der Waals surface area contributed by atoms with Crippen molar-refractivity contribution in [2.24, 2.45) is 4.99 Å². The smallest absolute Gasteiger partial charge is 0.318 e. The first-order valence-electron chi connectivity index (χ1n) is 9.10. The molecule has 32 heavy (non-hydrogen) atoms. The van der Waals surface area contributed by atoms with Gasteiger partial charge in [-0.15, -0.1) is 0 Å². The van der Waals surface area contributed by atoms with E-state index in [0.29, 0.717) is 33.4 Å². The first-order valence-corrected chi connectivity index (χ1v) is 9.47. The van der Waals surface area contributed by atoms with Crippen LogP contribution in [0.1, 0.15) is 11.1 Å². The molecule has 4 rings (SSSR count). The summed E-state index contributed by atoms with van der Waals surface area (Å²) in [6, 6.07) is 12.0. The van der Waals surface area contributed by atoms with E-state index in [4.69, 9.17) is 16.0 Å². The normalized spacial score (nSPS) is 11.3. The maximum absolute atomic E-state index is 11.1. The van der Waals surface area contributed by atoms with Crippen molar-refractivity contribution < 1.29 is 19.4 Å². The summed E-state index contributed by atoms with van der Waals surface area (Å²) < 4.78 is 5.77. The quantitative estimate of drug-likeness (QED) is 0.231. The number of nitro groups is 2. The minimum Gasteiger partial charge on any atom is -0.502 e. The Morgan fingerprint density at radius 2 is 1.88 bits per heavy atom. The molecule has 4 aromatic rings. The molecule has 3 aromatic carbocycles. The molecular formula is C21H13ClN4O6. The number of aliphatic imine (C=N–C) groups is 1. The molecule has 0 atom stereocenters. The van der Waals surface area contributed by atoms with E-state index in [1.165, 1.54) is 0 Å². The zero-order valence-electron chi connectivity index (χ0n) is 16.4. The van der Waals surface area contributed by atoms with Gasteiger partial charge in [0.05, 0.1) is 32.2 Å². The predicted octanol–water partition coefficient (Wildman–Crippen LogP) is 5.73. The Balaban J connectivity index is 1.74. The number of halogens is 1. The summed E-state index contributed by atoms with van der Waals surface area (Å²) in [5.74, 6) is -0.450. The number of aromatic hydroxyl groups is 1. The van der Waals surface area contributed by atoms with Crippen molar-refractivity contribution in [3.8, 4) is 17.2 Å². The van der Waals surface area contributed by atoms with Crippen molar-refractivity contribution in [2.75, 3.05) is 0 Å². The van der Waals surface area contributed by atoms with Crippen LogP contribution in [-0.4, -0.2) is 26.2 Å². The van der Waals surface area contributed by atoms with Crippen molar-refractivity contribution in [3.63, 3.8) is 0 Å². The highest BCUT2D eigenvalue weighted by atomic mass is 35.5. The van der Waals surface area contributed by atoms with Crippen LogP contribution in [0.25, 0.3) is 22.6 Å². The molecule has 0 bridgehead atoms. The molecule has 1 heterocycles. The molecule has 10 nitrogen and oxygen atoms in total. The van der Waals surface area contributed by atoms with Crippen LogP contribution < -0.4 is 0 Å². The molecule has 0 amide bonds. The molecule has 0 saturated carbocycles. The van der Waals surface area contributed by atoms with E-state index in [-0.39, 0.29) is 11.5 Å². The Labute approximate surface area is 184 Å². The number of aromatic nitrogens is 1. The lowest BCUT2D eigenvalue weighted by Crippen LogP contribution is -1.96. The number of non-ortho nitro benzene ring substituents is 1. The summed E-state index contributed by atoms with van der Waals surface area (Å²) in [6.45, 7) is 1.93. The molecule has 0 fully saturated rings. The molecule has 0 radical (unpaired) electrons. The number of hydrogen-bond donors (Lipinski definition) is 1. The minimum atomic E-state index is -0.908. The Hall–Kier alpha value is -4.31. The van der Waals surface area contributed by atoms with Gasteiger partial charge >= 0.3 is 5.69 Å². The topological polar surface area (TPSA) is 145 Å². The van der Waals surface area contributed by atoms with Crippen molar-refractivity contribution in [3.05, 3.63) is 84.9 Å². The van der Waals surface area contributed by atoms with E-state index in [1.807, 2.05) is 19.1 Å². The number of rotatable bonds is 5. The maximum Gasteiger partial charge on any atom is 0.318 e. The fraction of sp³-hybridized carbons (Fsp3) is 0.0476. The molecule has 11 heteroatoms. The van der Waals surface area contributed by atoms with Gasteiger partial charge in [-0.1, -0.05) is 17.7 Å². The van der Waals surface area contributed by atoms with Crippen LogP contribution >= 0.6 is 11.6 Å². The molecule has 1 aromatic heterocycles. The molecule has 160 valence electrons. The number of oxazole rings is 1. The third-order valence-electron chi connectivity index (χ3n) is 4.59. The number of hydrogen-bond acceptors (Lipinski definition) is 8. The van der Waals surface area contributed by atoms with Gasteiger partial charge in [0.1, 0.15) is 5.52 Å². The maximum atomic E-state index is 11.1. The van der Waals surface area contributed by atoms with Crippen LogP contribution in [0.5, 0.6) is 5.75 Å². The highest BCUT2D eigenvalue weighted by molar-refractivity contribution is 6.33. The summed E-state index contributed by atoms with van der Waals surface area (Å²) in [5, 5.41) is 32.7. The summed E-state index contributed by atoms with van der Waals surface area (Å²) in [4.78, 5) is 29.1. The van der Waals surface area contributed by atoms with Crippen molar-refractivity contribution in [1.29, 1.82) is 0 Å². The lowest BCUT2D eigenvalue weighted by Gasteiger charge is -2.03. The van der Waals surface area contributed by atoms with Gasteiger partial charge in [-0.3, -0.25) is 25.2 Å². The zero-order chi connectivity index (χ0) is 23.0. The van der Waals surface area contributed by atoms with Crippen LogP contribution in [0.4, 0.5) is 17.1 Å². The Kier molecular flexibility index (Phi) is 5.29. The fourth-order valence-electron chi connectivity index (χ4n) is 3.02. The Bertz CT molecular complexity index is 1430. The number of nitrogens with zero attached hydrogens (tertiary/aromatic N) is 4. The third-order valence-corrected chi connectivity index (χ3v) is 4.92. The molecule has 0 spiro atoms. The number of phenols is 1. The highest BCUT2D eigenvalue weighted by Gasteiger charge is 2.23. The van der Waals surface area contributed by atoms with E-state index in [1.54, 1.807) is 24.3 Å². The monoisotopic (exact) mass is 452 g/mol. The standard InChI is InChI=1S/C21H13ClN4O6/c1-11-2-5-19-17(6-11)24-21(32-19)15-8-13(3-4-16(15)22)23-10-12-7-14(25(28)29)9-18(20(12)27)26(30)31/h2-10,27H,1H3. The Morgan fingerprint density at radius 1 is 1.09 bits per heavy atom. The number of benzene rings is 3. The van der Waals surface area contributed by atoms with E-state index < -0.39 is 27.0 Å². The van der Waals surface area contributed by atoms with Gasteiger partial charge in [-0.05, 0) is 42.8 Å². The van der Waals surface area contributed by atoms with Crippen molar-refractivity contribution in [1.82, 2.24) is 4.98 Å². The van der Waals surface area contributed by atoms with Gasteiger partial charge in [0, 0.05) is 17.8 Å². The fourth-order valence-corrected chi connectivity index (χ4v) is 3.22. The van der Waals surface area contributed by atoms with E-state index in [2.05, 4.69) is 9.98 Å². The average molecular weight is 453 g/mol. The highest BCUT2D eigenvalue weighted by Crippen LogP contribution is 2.35. The summed E-state index contributed by atoms with van der Waals surface area (Å²) in [6.07, 6.45) is 1.10. The third kappa shape index (κ3) is 3.98. The SMILES string of the molecule is Cc1ccc2oc(-c3cc(N=Cc4cc([N+](=O)[O-])cc([N+](=O)[O-])c4O)ccc3Cl)nc2c1. The predicted molar refractivity (Wildman–Crippen MR) is 118 cm³/mol. The van der Waals surface area contributed by atoms with Gasteiger partial charge in [-0.25, -0.2) is 4.98 Å². The van der Waals surface area contributed by atoms with Crippen LogP contribution in [0, 0.1) is 27.2 Å². The number of nitro benzene ring substituents is 2. The van der Waals surface area contributed by atoms with Gasteiger partial charge in [0.25, 0.3) is 5.69 Å². The Morgan fingerprint density at radius 3 is 2.59 bits per heavy atom. The molecular weight excluding hydrogens is 440 g/mol. The lowest BCUT2D eigenvalue weighted by molar-refractivity contribution is -0.394. The first-order chi connectivity index (χ1) is 15.2. The van der Waals surface area contributed by atoms with Gasteiger partial charge < -0.3 is 9.52 Å². The van der Waals surface area contributed by atoms with Gasteiger partial charge in [0.2, 0.25) is 11.6 Å². The molecule has 0 aliphatic carbocycles. The largest absolute Gasteiger partial charge is 0.502 e. The molecule has 0 aliphatic rings. The summed E-state index contributed by atoms with van der Waals surface area (Å²) in [5.41, 5.74) is 1.57. The molecule has 0 unspecified atom stereocenters. The zero-order valence-corrected chi connectivity index (χ0v) is 17.1. The van der Waals surface area contributed by atoms with Crippen LogP contribution in [0.3, 0.4) is 0 Å². The van der Waals surface area contributed by atoms with E-state index in [9.17, 15) is 25.3 Å². The molecule has 1 N–H and O–H groups in total. The minimum absolute atomic E-state index is 0.181. The van der Waals surface area contributed by atoms with Gasteiger partial charge in [0.15, 0.2) is 5.58 Å². The van der Waals surface area contributed by atoms with Crippen LogP contribution in [0.2, 0.25) is 5.02 Å². The van der Waals surface area contributed by atoms with Crippen LogP contribution in [-0.2, 0) is 0 Å². The average Bonchev–Trinajstić information content (AvgIpc) is 3.16. The van der Waals surface area contributed by atoms with Crippen LogP contribution in [0.15, 0.2) is 57.9 Å². The summed E-state index contributed by atoms with van der Waals surface area (Å²) in [7, 11) is 0. The second-order valence-electron chi connectivity index (χ2n) is 6.83. The molecule has 0 aliphatic heterocycles. The lowest BCUT2D eigenvalue weighted by atomic mass is 10.1. The number of phenolic OH excluding ortho intramolecular Hbond substituents is 1. The van der Waals surface area contributed by atoms with Gasteiger partial charge in [-0.2, -0.15) is 0 Å². The summed E-state index contributed by atoms with van der Waals surface area (Å²) >= 11 is 6.30. The van der Waals surface area contributed by atoms with Crippen molar-refractivity contribution in [2.45, 2.75) is 6.92 Å². The second kappa shape index (κ2) is 8.08. The number of fused-ring (bicyclic) bond motifs is 1. The van der Waals surface area contributed by atoms with Crippen molar-refractivity contribution >= 4 is 46.0 Å². The van der Waals surface area contributed by atoms with E-state index in [0.717, 1.165) is 17.8 Å². The molecule has 0 saturated heterocycles. The number of aryl methyl sites for hydroxylation is 1.